The highest BCUT2D eigenvalue weighted by Crippen LogP contribution is 2.32. The summed E-state index contributed by atoms with van der Waals surface area (Å²) in [6.07, 6.45) is 6.06. The van der Waals surface area contributed by atoms with E-state index in [1.165, 1.54) is 11.3 Å². The Labute approximate surface area is 183 Å². The van der Waals surface area contributed by atoms with Crippen molar-refractivity contribution in [2.24, 2.45) is 0 Å². The number of carbonyl (C=O) groups excluding carboxylic acids is 1. The van der Waals surface area contributed by atoms with Crippen LogP contribution in [0.25, 0.3) is 6.08 Å². The smallest absolute Gasteiger partial charge is 0.247 e. The first kappa shape index (κ1) is 20.5. The second-order valence-corrected chi connectivity index (χ2v) is 9.14. The number of amides is 1. The summed E-state index contributed by atoms with van der Waals surface area (Å²) >= 11 is 3.08. The Morgan fingerprint density at radius 2 is 2.17 bits per heavy atom. The lowest BCUT2D eigenvalue weighted by Crippen LogP contribution is -2.29. The summed E-state index contributed by atoms with van der Waals surface area (Å²) in [5, 5.41) is 16.1. The minimum Gasteiger partial charge on any atom is -0.331 e. The maximum absolute atomic E-state index is 12.8. The van der Waals surface area contributed by atoms with Gasteiger partial charge in [0.25, 0.3) is 0 Å². The molecule has 1 aliphatic rings. The highest BCUT2D eigenvalue weighted by Gasteiger charge is 2.30. The molecule has 0 radical (unpaired) electrons. The molecule has 0 aliphatic carbocycles. The van der Waals surface area contributed by atoms with E-state index in [0.717, 1.165) is 40.7 Å². The number of anilines is 2. The molecule has 1 atom stereocenters. The number of hydrogen-bond donors (Lipinski definition) is 1. The van der Waals surface area contributed by atoms with Crippen molar-refractivity contribution in [1.29, 1.82) is 0 Å². The number of nitrogens with one attached hydrogen (secondary N) is 1. The van der Waals surface area contributed by atoms with Gasteiger partial charge in [-0.05, 0) is 39.2 Å². The van der Waals surface area contributed by atoms with Gasteiger partial charge in [0.1, 0.15) is 16.6 Å². The zero-order chi connectivity index (χ0) is 21.1. The van der Waals surface area contributed by atoms with Gasteiger partial charge in [-0.1, -0.05) is 18.3 Å². The van der Waals surface area contributed by atoms with Gasteiger partial charge in [0.05, 0.1) is 22.4 Å². The fourth-order valence-electron chi connectivity index (χ4n) is 3.43. The van der Waals surface area contributed by atoms with E-state index in [1.807, 2.05) is 37.1 Å². The molecular formula is C20H23N7OS2. The monoisotopic (exact) mass is 441 g/mol. The van der Waals surface area contributed by atoms with Crippen molar-refractivity contribution in [2.45, 2.75) is 46.1 Å². The molecule has 30 heavy (non-hydrogen) atoms. The summed E-state index contributed by atoms with van der Waals surface area (Å²) < 4.78 is 0. The van der Waals surface area contributed by atoms with Gasteiger partial charge in [-0.3, -0.25) is 4.79 Å². The van der Waals surface area contributed by atoms with Crippen LogP contribution in [0.15, 0.2) is 17.5 Å². The minimum atomic E-state index is -0.0674. The fourth-order valence-corrected chi connectivity index (χ4v) is 4.70. The molecule has 10 heteroatoms. The predicted octanol–water partition coefficient (Wildman–Crippen LogP) is 4.08. The van der Waals surface area contributed by atoms with Crippen molar-refractivity contribution in [1.82, 2.24) is 30.0 Å². The molecule has 3 aromatic heterocycles. The number of rotatable bonds is 6. The van der Waals surface area contributed by atoms with Crippen LogP contribution in [0.5, 0.6) is 0 Å². The largest absolute Gasteiger partial charge is 0.331 e. The van der Waals surface area contributed by atoms with Crippen LogP contribution in [-0.2, 0) is 11.2 Å². The van der Waals surface area contributed by atoms with Crippen molar-refractivity contribution in [3.05, 3.63) is 44.7 Å². The lowest BCUT2D eigenvalue weighted by Gasteiger charge is -2.23. The van der Waals surface area contributed by atoms with Gasteiger partial charge in [0.15, 0.2) is 0 Å². The molecule has 0 spiro atoms. The molecule has 0 aromatic carbocycles. The second-order valence-electron chi connectivity index (χ2n) is 7.02. The Kier molecular flexibility index (Phi) is 6.14. The van der Waals surface area contributed by atoms with E-state index >= 15 is 0 Å². The summed E-state index contributed by atoms with van der Waals surface area (Å²) in [6, 6.07) is 1.84. The first-order valence-corrected chi connectivity index (χ1v) is 11.6. The average Bonchev–Trinajstić information content (AvgIpc) is 3.46. The van der Waals surface area contributed by atoms with Crippen molar-refractivity contribution in [2.75, 3.05) is 11.9 Å². The highest BCUT2D eigenvalue weighted by molar-refractivity contribution is 7.15. The molecule has 4 rings (SSSR count). The normalized spacial score (nSPS) is 16.5. The molecule has 156 valence electrons. The number of likely N-dealkylation sites (tertiary alicyclic amines) is 1. The van der Waals surface area contributed by atoms with Gasteiger partial charge in [0.2, 0.25) is 11.0 Å². The topological polar surface area (TPSA) is 96.8 Å². The van der Waals surface area contributed by atoms with Gasteiger partial charge >= 0.3 is 0 Å². The average molecular weight is 442 g/mol. The second kappa shape index (κ2) is 8.97. The fraction of sp³-hybridized carbons (Fsp3) is 0.400. The van der Waals surface area contributed by atoms with Crippen LogP contribution >= 0.6 is 22.7 Å². The molecule has 1 saturated heterocycles. The molecule has 1 N–H and O–H groups in total. The summed E-state index contributed by atoms with van der Waals surface area (Å²) in [4.78, 5) is 28.2. The van der Waals surface area contributed by atoms with Gasteiger partial charge < -0.3 is 10.2 Å². The van der Waals surface area contributed by atoms with Crippen molar-refractivity contribution in [3.8, 4) is 0 Å². The number of aryl methyl sites for hydroxylation is 3. The van der Waals surface area contributed by atoms with Crippen LogP contribution in [0, 0.1) is 13.8 Å². The van der Waals surface area contributed by atoms with E-state index in [4.69, 9.17) is 0 Å². The molecule has 0 unspecified atom stereocenters. The minimum absolute atomic E-state index is 0.0226. The number of carbonyl (C=O) groups is 1. The van der Waals surface area contributed by atoms with Crippen molar-refractivity contribution in [3.63, 3.8) is 0 Å². The third-order valence-corrected chi connectivity index (χ3v) is 6.55. The zero-order valence-corrected chi connectivity index (χ0v) is 18.8. The van der Waals surface area contributed by atoms with Crippen LogP contribution in [-0.4, -0.2) is 42.5 Å². The predicted molar refractivity (Wildman–Crippen MR) is 119 cm³/mol. The van der Waals surface area contributed by atoms with E-state index in [0.29, 0.717) is 23.3 Å². The van der Waals surface area contributed by atoms with Gasteiger partial charge in [-0.25, -0.2) is 15.0 Å². The molecule has 1 amide bonds. The Morgan fingerprint density at radius 1 is 1.30 bits per heavy atom. The number of aromatic nitrogens is 5. The molecule has 4 heterocycles. The van der Waals surface area contributed by atoms with E-state index in [9.17, 15) is 4.79 Å². The van der Waals surface area contributed by atoms with Crippen LogP contribution < -0.4 is 5.32 Å². The third kappa shape index (κ3) is 4.71. The summed E-state index contributed by atoms with van der Waals surface area (Å²) in [7, 11) is 0. The Balaban J connectivity index is 1.52. The summed E-state index contributed by atoms with van der Waals surface area (Å²) in [6.45, 7) is 6.57. The van der Waals surface area contributed by atoms with Crippen molar-refractivity contribution < 1.29 is 4.79 Å². The maximum Gasteiger partial charge on any atom is 0.247 e. The highest BCUT2D eigenvalue weighted by atomic mass is 32.1. The quantitative estimate of drug-likeness (QED) is 0.576. The SMILES string of the molecule is CCc1nnc(Nc2cc([C@@H]3CCCN3C(=O)/C=C/c3csc(C)n3)nc(C)n2)s1. The van der Waals surface area contributed by atoms with E-state index < -0.39 is 0 Å². The number of hydrogen-bond acceptors (Lipinski definition) is 9. The van der Waals surface area contributed by atoms with E-state index in [-0.39, 0.29) is 11.9 Å². The van der Waals surface area contributed by atoms with Gasteiger partial charge in [-0.2, -0.15) is 0 Å². The lowest BCUT2D eigenvalue weighted by atomic mass is 10.1. The van der Waals surface area contributed by atoms with Crippen molar-refractivity contribution >= 4 is 45.6 Å². The van der Waals surface area contributed by atoms with Gasteiger partial charge in [0, 0.05) is 24.1 Å². The molecular weight excluding hydrogens is 418 g/mol. The molecule has 3 aromatic rings. The zero-order valence-electron chi connectivity index (χ0n) is 17.1. The lowest BCUT2D eigenvalue weighted by molar-refractivity contribution is -0.126. The van der Waals surface area contributed by atoms with Crippen LogP contribution in [0.2, 0.25) is 0 Å². The van der Waals surface area contributed by atoms with Gasteiger partial charge in [-0.15, -0.1) is 21.5 Å². The standard InChI is InChI=1S/C20H23N7OS2/c1-4-18-25-26-20(30-18)24-17-10-15(21-12(2)22-17)16-6-5-9-27(16)19(28)8-7-14-11-29-13(3)23-14/h7-8,10-11,16H,4-6,9H2,1-3H3,(H,21,22,24,26)/b8-7+/t16-/m0/s1. The third-order valence-electron chi connectivity index (χ3n) is 4.77. The molecule has 8 nitrogen and oxygen atoms in total. The van der Waals surface area contributed by atoms with Crippen LogP contribution in [0.3, 0.4) is 0 Å². The first-order chi connectivity index (χ1) is 14.5. The molecule has 1 aliphatic heterocycles. The Hall–Kier alpha value is -2.72. The number of thiazole rings is 1. The summed E-state index contributed by atoms with van der Waals surface area (Å²) in [5.74, 6) is 1.30. The molecule has 1 fully saturated rings. The summed E-state index contributed by atoms with van der Waals surface area (Å²) in [5.41, 5.74) is 1.66. The molecule has 0 bridgehead atoms. The Morgan fingerprint density at radius 3 is 2.90 bits per heavy atom. The van der Waals surface area contributed by atoms with Crippen LogP contribution in [0.1, 0.15) is 53.0 Å². The first-order valence-electron chi connectivity index (χ1n) is 9.87. The number of nitrogens with zero attached hydrogens (tertiary/aromatic N) is 6. The maximum atomic E-state index is 12.8. The van der Waals surface area contributed by atoms with E-state index in [2.05, 4.69) is 30.5 Å². The van der Waals surface area contributed by atoms with E-state index in [1.54, 1.807) is 23.5 Å². The van der Waals surface area contributed by atoms with Crippen LogP contribution in [0.4, 0.5) is 10.9 Å². The Bertz CT molecular complexity index is 1070. The molecule has 0 saturated carbocycles.